The molecule has 4 heteroatoms. The molecule has 0 bridgehead atoms. The molecule has 20 heavy (non-hydrogen) atoms. The Bertz CT molecular complexity index is 417. The highest BCUT2D eigenvalue weighted by atomic mass is 35.5. The van der Waals surface area contributed by atoms with Crippen LogP contribution < -0.4 is 4.90 Å². The quantitative estimate of drug-likeness (QED) is 0.829. The minimum absolute atomic E-state index is 0.691. The Kier molecular flexibility index (Phi) is 6.06. The van der Waals surface area contributed by atoms with Crippen LogP contribution in [0.3, 0.4) is 0 Å². The van der Waals surface area contributed by atoms with Crippen molar-refractivity contribution in [3.8, 4) is 0 Å². The van der Waals surface area contributed by atoms with Crippen LogP contribution in [0.1, 0.15) is 13.8 Å². The topological polar surface area (TPSA) is 6.48 Å². The zero-order chi connectivity index (χ0) is 14.5. The van der Waals surface area contributed by atoms with E-state index >= 15 is 0 Å². The van der Waals surface area contributed by atoms with Crippen molar-refractivity contribution in [2.45, 2.75) is 13.8 Å². The molecule has 1 aliphatic rings. The van der Waals surface area contributed by atoms with Crippen LogP contribution in [0.2, 0.25) is 5.02 Å². The van der Waals surface area contributed by atoms with Gasteiger partial charge in [-0.15, -0.1) is 0 Å². The van der Waals surface area contributed by atoms with E-state index in [1.807, 2.05) is 12.1 Å². The number of benzene rings is 1. The molecule has 1 unspecified atom stereocenters. The lowest BCUT2D eigenvalue weighted by Gasteiger charge is -2.38. The van der Waals surface area contributed by atoms with E-state index < -0.39 is 0 Å². The van der Waals surface area contributed by atoms with Crippen LogP contribution in [0, 0.1) is 11.8 Å². The molecule has 0 spiro atoms. The van der Waals surface area contributed by atoms with Crippen molar-refractivity contribution in [1.82, 2.24) is 4.90 Å². The van der Waals surface area contributed by atoms with E-state index in [0.29, 0.717) is 11.8 Å². The molecular formula is C16H25ClN2S. The summed E-state index contributed by atoms with van der Waals surface area (Å²) in [6, 6.07) is 8.16. The summed E-state index contributed by atoms with van der Waals surface area (Å²) >= 11 is 10.6. The van der Waals surface area contributed by atoms with Gasteiger partial charge in [0.15, 0.2) is 0 Å². The van der Waals surface area contributed by atoms with Gasteiger partial charge in [0.05, 0.1) is 0 Å². The first kappa shape index (κ1) is 16.0. The van der Waals surface area contributed by atoms with Crippen molar-refractivity contribution >= 4 is 29.9 Å². The molecule has 0 aliphatic carbocycles. The summed E-state index contributed by atoms with van der Waals surface area (Å²) in [5, 5.41) is 0.819. The summed E-state index contributed by atoms with van der Waals surface area (Å²) in [5.74, 6) is 2.38. The van der Waals surface area contributed by atoms with Gasteiger partial charge in [-0.1, -0.05) is 31.5 Å². The fraction of sp³-hybridized carbons (Fsp3) is 0.625. The third kappa shape index (κ3) is 4.31. The first-order chi connectivity index (χ1) is 9.60. The van der Waals surface area contributed by atoms with Crippen LogP contribution in [-0.4, -0.2) is 43.4 Å². The van der Waals surface area contributed by atoms with Gasteiger partial charge < -0.3 is 4.90 Å². The van der Waals surface area contributed by atoms with E-state index in [2.05, 4.69) is 48.4 Å². The maximum atomic E-state index is 6.07. The fourth-order valence-electron chi connectivity index (χ4n) is 2.67. The average molecular weight is 313 g/mol. The highest BCUT2D eigenvalue weighted by Crippen LogP contribution is 2.22. The zero-order valence-corrected chi connectivity index (χ0v) is 14.1. The second-order valence-electron chi connectivity index (χ2n) is 5.95. The van der Waals surface area contributed by atoms with E-state index in [1.54, 1.807) is 0 Å². The van der Waals surface area contributed by atoms with Gasteiger partial charge in [0.2, 0.25) is 0 Å². The van der Waals surface area contributed by atoms with Crippen molar-refractivity contribution in [2.75, 3.05) is 43.4 Å². The van der Waals surface area contributed by atoms with Crippen LogP contribution in [0.5, 0.6) is 0 Å². The molecule has 1 saturated heterocycles. The molecule has 1 aromatic carbocycles. The molecule has 0 saturated carbocycles. The van der Waals surface area contributed by atoms with Crippen LogP contribution in [-0.2, 0) is 0 Å². The Morgan fingerprint density at radius 3 is 2.45 bits per heavy atom. The number of hydrogen-bond donors (Lipinski definition) is 1. The molecule has 1 fully saturated rings. The lowest BCUT2D eigenvalue weighted by Crippen LogP contribution is -2.48. The predicted octanol–water partition coefficient (Wildman–Crippen LogP) is 3.66. The maximum absolute atomic E-state index is 6.07. The van der Waals surface area contributed by atoms with E-state index in [9.17, 15) is 0 Å². The van der Waals surface area contributed by atoms with Gasteiger partial charge >= 0.3 is 0 Å². The highest BCUT2D eigenvalue weighted by Gasteiger charge is 2.21. The molecule has 1 aliphatic heterocycles. The van der Waals surface area contributed by atoms with E-state index in [4.69, 9.17) is 11.6 Å². The van der Waals surface area contributed by atoms with Crippen LogP contribution >= 0.6 is 24.2 Å². The normalized spacial score (nSPS) is 18.6. The second-order valence-corrected chi connectivity index (χ2v) is 6.76. The Hall–Kier alpha value is -0.380. The molecule has 0 amide bonds. The SMILES string of the molecule is CC(C)C(CS)CN1CCN(c2cccc(Cl)c2)CC1. The first-order valence-corrected chi connectivity index (χ1v) is 8.45. The van der Waals surface area contributed by atoms with Gasteiger partial charge in [0, 0.05) is 43.4 Å². The highest BCUT2D eigenvalue weighted by molar-refractivity contribution is 7.80. The van der Waals surface area contributed by atoms with Crippen molar-refractivity contribution < 1.29 is 0 Å². The summed E-state index contributed by atoms with van der Waals surface area (Å²) in [4.78, 5) is 5.00. The number of piperazine rings is 1. The second kappa shape index (κ2) is 7.58. The molecule has 2 nitrogen and oxygen atoms in total. The van der Waals surface area contributed by atoms with Crippen LogP contribution in [0.4, 0.5) is 5.69 Å². The summed E-state index contributed by atoms with van der Waals surface area (Å²) in [5.41, 5.74) is 1.24. The lowest BCUT2D eigenvalue weighted by atomic mass is 9.97. The standard InChI is InChI=1S/C16H25ClN2S/c1-13(2)14(12-20)11-18-6-8-19(9-7-18)16-5-3-4-15(17)10-16/h3-5,10,13-14,20H,6-9,11-12H2,1-2H3. The third-order valence-corrected chi connectivity index (χ3v) is 4.92. The maximum Gasteiger partial charge on any atom is 0.0426 e. The monoisotopic (exact) mass is 312 g/mol. The van der Waals surface area contributed by atoms with Crippen LogP contribution in [0.15, 0.2) is 24.3 Å². The Balaban J connectivity index is 1.86. The van der Waals surface area contributed by atoms with E-state index in [1.165, 1.54) is 12.2 Å². The molecular weight excluding hydrogens is 288 g/mol. The summed E-state index contributed by atoms with van der Waals surface area (Å²) in [6.45, 7) is 10.2. The predicted molar refractivity (Wildman–Crippen MR) is 92.3 cm³/mol. The average Bonchev–Trinajstić information content (AvgIpc) is 2.45. The minimum Gasteiger partial charge on any atom is -0.369 e. The molecule has 1 atom stereocenters. The largest absolute Gasteiger partial charge is 0.369 e. The lowest BCUT2D eigenvalue weighted by molar-refractivity contribution is 0.204. The molecule has 2 rings (SSSR count). The molecule has 0 aromatic heterocycles. The smallest absolute Gasteiger partial charge is 0.0426 e. The molecule has 112 valence electrons. The Morgan fingerprint density at radius 1 is 1.20 bits per heavy atom. The van der Waals surface area contributed by atoms with Gasteiger partial charge in [-0.3, -0.25) is 4.90 Å². The molecule has 1 aromatic rings. The molecule has 0 N–H and O–H groups in total. The number of thiol groups is 1. The van der Waals surface area contributed by atoms with E-state index in [-0.39, 0.29) is 0 Å². The number of rotatable bonds is 5. The van der Waals surface area contributed by atoms with Crippen molar-refractivity contribution in [3.05, 3.63) is 29.3 Å². The number of anilines is 1. The van der Waals surface area contributed by atoms with Gasteiger partial charge in [-0.25, -0.2) is 0 Å². The number of nitrogens with zero attached hydrogens (tertiary/aromatic N) is 2. The fourth-order valence-corrected chi connectivity index (χ4v) is 3.39. The van der Waals surface area contributed by atoms with Crippen molar-refractivity contribution in [1.29, 1.82) is 0 Å². The third-order valence-electron chi connectivity index (χ3n) is 4.22. The van der Waals surface area contributed by atoms with Gasteiger partial charge in [-0.2, -0.15) is 12.6 Å². The molecule has 0 radical (unpaired) electrons. The van der Waals surface area contributed by atoms with Crippen molar-refractivity contribution in [2.24, 2.45) is 11.8 Å². The summed E-state index contributed by atoms with van der Waals surface area (Å²) in [6.07, 6.45) is 0. The number of hydrogen-bond acceptors (Lipinski definition) is 3. The van der Waals surface area contributed by atoms with Gasteiger partial charge in [0.1, 0.15) is 0 Å². The first-order valence-electron chi connectivity index (χ1n) is 7.44. The van der Waals surface area contributed by atoms with E-state index in [0.717, 1.165) is 37.0 Å². The van der Waals surface area contributed by atoms with Gasteiger partial charge in [0.25, 0.3) is 0 Å². The van der Waals surface area contributed by atoms with Gasteiger partial charge in [-0.05, 0) is 35.8 Å². The zero-order valence-electron chi connectivity index (χ0n) is 12.4. The number of halogens is 1. The summed E-state index contributed by atoms with van der Waals surface area (Å²) < 4.78 is 0. The minimum atomic E-state index is 0.691. The molecule has 1 heterocycles. The van der Waals surface area contributed by atoms with Crippen LogP contribution in [0.25, 0.3) is 0 Å². The summed E-state index contributed by atoms with van der Waals surface area (Å²) in [7, 11) is 0. The Morgan fingerprint density at radius 2 is 1.90 bits per heavy atom. The van der Waals surface area contributed by atoms with Crippen molar-refractivity contribution in [3.63, 3.8) is 0 Å². The Labute approximate surface area is 133 Å².